The Hall–Kier alpha value is -1.29. The number of hydrogen-bond donors (Lipinski definition) is 2. The summed E-state index contributed by atoms with van der Waals surface area (Å²) in [6.45, 7) is 3.77. The maximum absolute atomic E-state index is 11.9. The lowest BCUT2D eigenvalue weighted by atomic mass is 9.93. The minimum atomic E-state index is -0.198. The Labute approximate surface area is 101 Å². The standard InChI is InChI=1S/C13H19NO3/c1-8-7-12(17-9(8)2)13(16)14-10-3-5-11(15)6-4-10/h7,10-11,15H,3-6H2,1-2H3,(H,14,16). The van der Waals surface area contributed by atoms with Gasteiger partial charge in [-0.25, -0.2) is 0 Å². The van der Waals surface area contributed by atoms with Crippen molar-refractivity contribution >= 4 is 5.91 Å². The maximum Gasteiger partial charge on any atom is 0.287 e. The van der Waals surface area contributed by atoms with Crippen LogP contribution < -0.4 is 5.32 Å². The van der Waals surface area contributed by atoms with Gasteiger partial charge in [0.1, 0.15) is 5.76 Å². The molecule has 0 aliphatic heterocycles. The van der Waals surface area contributed by atoms with E-state index in [4.69, 9.17) is 4.42 Å². The van der Waals surface area contributed by atoms with E-state index in [0.717, 1.165) is 37.0 Å². The van der Waals surface area contributed by atoms with E-state index >= 15 is 0 Å². The molecule has 17 heavy (non-hydrogen) atoms. The van der Waals surface area contributed by atoms with Gasteiger partial charge in [-0.3, -0.25) is 4.79 Å². The topological polar surface area (TPSA) is 62.5 Å². The summed E-state index contributed by atoms with van der Waals surface area (Å²) in [6.07, 6.45) is 3.01. The number of aliphatic hydroxyl groups excluding tert-OH is 1. The number of aliphatic hydroxyl groups is 1. The highest BCUT2D eigenvalue weighted by Gasteiger charge is 2.22. The molecule has 1 amide bonds. The molecule has 0 saturated heterocycles. The van der Waals surface area contributed by atoms with Gasteiger partial charge in [0.2, 0.25) is 0 Å². The molecule has 1 fully saturated rings. The summed E-state index contributed by atoms with van der Waals surface area (Å²) in [7, 11) is 0. The van der Waals surface area contributed by atoms with Crippen LogP contribution in [0.25, 0.3) is 0 Å². The normalized spacial score (nSPS) is 24.6. The van der Waals surface area contributed by atoms with Gasteiger partial charge in [0.15, 0.2) is 5.76 Å². The summed E-state index contributed by atoms with van der Waals surface area (Å²) < 4.78 is 5.38. The van der Waals surface area contributed by atoms with Crippen molar-refractivity contribution in [3.05, 3.63) is 23.2 Å². The smallest absolute Gasteiger partial charge is 0.287 e. The van der Waals surface area contributed by atoms with Gasteiger partial charge in [-0.05, 0) is 51.2 Å². The fourth-order valence-corrected chi connectivity index (χ4v) is 2.16. The Kier molecular flexibility index (Phi) is 3.52. The summed E-state index contributed by atoms with van der Waals surface area (Å²) in [6, 6.07) is 1.93. The van der Waals surface area contributed by atoms with E-state index in [1.54, 1.807) is 6.07 Å². The Morgan fingerprint density at radius 3 is 2.53 bits per heavy atom. The zero-order valence-electron chi connectivity index (χ0n) is 10.3. The Bertz CT molecular complexity index is 383. The average molecular weight is 237 g/mol. The Morgan fingerprint density at radius 2 is 2.00 bits per heavy atom. The molecule has 1 aromatic rings. The highest BCUT2D eigenvalue weighted by atomic mass is 16.3. The quantitative estimate of drug-likeness (QED) is 0.826. The first-order chi connectivity index (χ1) is 8.06. The highest BCUT2D eigenvalue weighted by Crippen LogP contribution is 2.19. The second-order valence-corrected chi connectivity index (χ2v) is 4.83. The van der Waals surface area contributed by atoms with Crippen molar-refractivity contribution in [1.82, 2.24) is 5.32 Å². The van der Waals surface area contributed by atoms with Crippen molar-refractivity contribution in [1.29, 1.82) is 0 Å². The lowest BCUT2D eigenvalue weighted by molar-refractivity contribution is 0.0842. The number of carbonyl (C=O) groups is 1. The average Bonchev–Trinajstić information content (AvgIpc) is 2.63. The molecule has 0 radical (unpaired) electrons. The minimum absolute atomic E-state index is 0.150. The van der Waals surface area contributed by atoms with Crippen molar-refractivity contribution in [3.8, 4) is 0 Å². The third-order valence-electron chi connectivity index (χ3n) is 3.42. The number of nitrogens with one attached hydrogen (secondary N) is 1. The molecule has 4 heteroatoms. The largest absolute Gasteiger partial charge is 0.456 e. The number of carbonyl (C=O) groups excluding carboxylic acids is 1. The van der Waals surface area contributed by atoms with Crippen LogP contribution in [-0.4, -0.2) is 23.2 Å². The molecule has 2 N–H and O–H groups in total. The van der Waals surface area contributed by atoms with E-state index in [9.17, 15) is 9.90 Å². The van der Waals surface area contributed by atoms with Gasteiger partial charge in [0, 0.05) is 6.04 Å². The van der Waals surface area contributed by atoms with E-state index in [0.29, 0.717) is 5.76 Å². The van der Waals surface area contributed by atoms with Crippen molar-refractivity contribution in [2.24, 2.45) is 0 Å². The summed E-state index contributed by atoms with van der Waals surface area (Å²) in [5, 5.41) is 12.3. The van der Waals surface area contributed by atoms with Crippen LogP contribution in [0.5, 0.6) is 0 Å². The Morgan fingerprint density at radius 1 is 1.35 bits per heavy atom. The van der Waals surface area contributed by atoms with Crippen molar-refractivity contribution in [2.45, 2.75) is 51.7 Å². The highest BCUT2D eigenvalue weighted by molar-refractivity contribution is 5.91. The molecule has 94 valence electrons. The molecule has 0 aromatic carbocycles. The van der Waals surface area contributed by atoms with E-state index in [1.807, 2.05) is 13.8 Å². The van der Waals surface area contributed by atoms with Crippen LogP contribution in [-0.2, 0) is 0 Å². The van der Waals surface area contributed by atoms with E-state index in [2.05, 4.69) is 5.32 Å². The fourth-order valence-electron chi connectivity index (χ4n) is 2.16. The monoisotopic (exact) mass is 237 g/mol. The summed E-state index contributed by atoms with van der Waals surface area (Å²) in [4.78, 5) is 11.9. The molecule has 1 aromatic heterocycles. The predicted molar refractivity (Wildman–Crippen MR) is 63.9 cm³/mol. The number of hydrogen-bond acceptors (Lipinski definition) is 3. The lowest BCUT2D eigenvalue weighted by Gasteiger charge is -2.25. The zero-order valence-corrected chi connectivity index (χ0v) is 10.3. The molecule has 0 bridgehead atoms. The molecule has 1 aliphatic rings. The predicted octanol–water partition coefficient (Wildman–Crippen LogP) is 1.93. The fraction of sp³-hybridized carbons (Fsp3) is 0.615. The van der Waals surface area contributed by atoms with Gasteiger partial charge in [-0.1, -0.05) is 0 Å². The second-order valence-electron chi connectivity index (χ2n) is 4.83. The third-order valence-corrected chi connectivity index (χ3v) is 3.42. The van der Waals surface area contributed by atoms with Crippen LogP contribution in [0.15, 0.2) is 10.5 Å². The first kappa shape index (κ1) is 12.2. The van der Waals surface area contributed by atoms with Crippen molar-refractivity contribution in [2.75, 3.05) is 0 Å². The van der Waals surface area contributed by atoms with E-state index in [1.165, 1.54) is 0 Å². The van der Waals surface area contributed by atoms with Gasteiger partial charge in [-0.15, -0.1) is 0 Å². The van der Waals surface area contributed by atoms with E-state index in [-0.39, 0.29) is 18.1 Å². The van der Waals surface area contributed by atoms with E-state index < -0.39 is 0 Å². The molecule has 1 saturated carbocycles. The Balaban J connectivity index is 1.93. The first-order valence-electron chi connectivity index (χ1n) is 6.12. The van der Waals surface area contributed by atoms with Crippen molar-refractivity contribution in [3.63, 3.8) is 0 Å². The SMILES string of the molecule is Cc1cc(C(=O)NC2CCC(O)CC2)oc1C. The van der Waals surface area contributed by atoms with Crippen LogP contribution in [0, 0.1) is 13.8 Å². The number of aryl methyl sites for hydroxylation is 2. The molecule has 2 rings (SSSR count). The number of amides is 1. The van der Waals surface area contributed by atoms with Crippen LogP contribution in [0.3, 0.4) is 0 Å². The molecule has 1 heterocycles. The van der Waals surface area contributed by atoms with Crippen LogP contribution in [0.2, 0.25) is 0 Å². The third kappa shape index (κ3) is 2.88. The zero-order chi connectivity index (χ0) is 12.4. The van der Waals surface area contributed by atoms with Crippen LogP contribution in [0.4, 0.5) is 0 Å². The van der Waals surface area contributed by atoms with Gasteiger partial charge in [-0.2, -0.15) is 0 Å². The van der Waals surface area contributed by atoms with Gasteiger partial charge < -0.3 is 14.8 Å². The minimum Gasteiger partial charge on any atom is -0.456 e. The number of rotatable bonds is 2. The van der Waals surface area contributed by atoms with Crippen LogP contribution in [0.1, 0.15) is 47.6 Å². The van der Waals surface area contributed by atoms with Gasteiger partial charge in [0.05, 0.1) is 6.10 Å². The summed E-state index contributed by atoms with van der Waals surface area (Å²) in [5.74, 6) is 1.02. The summed E-state index contributed by atoms with van der Waals surface area (Å²) >= 11 is 0. The maximum atomic E-state index is 11.9. The molecular weight excluding hydrogens is 218 g/mol. The first-order valence-corrected chi connectivity index (χ1v) is 6.12. The van der Waals surface area contributed by atoms with Crippen molar-refractivity contribution < 1.29 is 14.3 Å². The number of furan rings is 1. The molecule has 1 aliphatic carbocycles. The van der Waals surface area contributed by atoms with Gasteiger partial charge in [0.25, 0.3) is 5.91 Å². The molecule has 0 unspecified atom stereocenters. The summed E-state index contributed by atoms with van der Waals surface area (Å²) in [5.41, 5.74) is 0.995. The van der Waals surface area contributed by atoms with Crippen LogP contribution >= 0.6 is 0 Å². The molecular formula is C13H19NO3. The van der Waals surface area contributed by atoms with Gasteiger partial charge >= 0.3 is 0 Å². The molecule has 0 atom stereocenters. The molecule has 0 spiro atoms. The lowest BCUT2D eigenvalue weighted by Crippen LogP contribution is -2.38. The second kappa shape index (κ2) is 4.92. The molecule has 4 nitrogen and oxygen atoms in total.